The summed E-state index contributed by atoms with van der Waals surface area (Å²) < 4.78 is 29.2. The Hall–Kier alpha value is -0.560. The molecule has 0 aromatic carbocycles. The molecule has 0 amide bonds. The molecule has 2 heterocycles. The van der Waals surface area contributed by atoms with E-state index in [9.17, 15) is 25.5 Å². The van der Waals surface area contributed by atoms with Crippen molar-refractivity contribution in [2.24, 2.45) is 22.9 Å². The summed E-state index contributed by atoms with van der Waals surface area (Å²) in [6.45, 7) is 4.22. The maximum absolute atomic E-state index is 11.2. The van der Waals surface area contributed by atoms with Crippen LogP contribution in [0.3, 0.4) is 0 Å². The lowest BCUT2D eigenvalue weighted by Gasteiger charge is -2.48. The van der Waals surface area contributed by atoms with E-state index in [1.807, 2.05) is 0 Å². The molecule has 2 aliphatic heterocycles. The van der Waals surface area contributed by atoms with E-state index in [0.717, 1.165) is 19.3 Å². The maximum atomic E-state index is 11.2. The molecular formula is C26H52N4O10. The Kier molecular flexibility index (Phi) is 13.4. The van der Waals surface area contributed by atoms with Crippen LogP contribution in [-0.2, 0) is 23.7 Å². The normalized spacial score (nSPS) is 46.4. The molecule has 0 spiro atoms. The average molecular weight is 581 g/mol. The van der Waals surface area contributed by atoms with Crippen LogP contribution in [0.2, 0.25) is 0 Å². The summed E-state index contributed by atoms with van der Waals surface area (Å²) in [4.78, 5) is 0. The summed E-state index contributed by atoms with van der Waals surface area (Å²) in [5, 5.41) is 53.2. The molecule has 40 heavy (non-hydrogen) atoms. The molecule has 14 nitrogen and oxygen atoms in total. The number of aliphatic hydroxyl groups excluding tert-OH is 5. The van der Waals surface area contributed by atoms with Gasteiger partial charge in [-0.05, 0) is 19.8 Å². The fourth-order valence-electron chi connectivity index (χ4n) is 5.67. The zero-order valence-electron chi connectivity index (χ0n) is 23.6. The third-order valence-electron chi connectivity index (χ3n) is 8.21. The van der Waals surface area contributed by atoms with Crippen molar-refractivity contribution in [1.29, 1.82) is 0 Å². The van der Waals surface area contributed by atoms with Crippen molar-refractivity contribution in [3.8, 4) is 0 Å². The van der Waals surface area contributed by atoms with Gasteiger partial charge in [0, 0.05) is 25.2 Å². The molecule has 13 N–H and O–H groups in total. The lowest BCUT2D eigenvalue weighted by Crippen LogP contribution is -2.68. The van der Waals surface area contributed by atoms with Crippen molar-refractivity contribution in [3.05, 3.63) is 0 Å². The van der Waals surface area contributed by atoms with Crippen molar-refractivity contribution in [2.75, 3.05) is 13.2 Å². The predicted molar refractivity (Wildman–Crippen MR) is 143 cm³/mol. The molecule has 0 radical (unpaired) electrons. The fraction of sp³-hybridized carbons (Fsp3) is 1.00. The van der Waals surface area contributed by atoms with Crippen LogP contribution in [0, 0.1) is 0 Å². The summed E-state index contributed by atoms with van der Waals surface area (Å²) in [6.07, 6.45) is -7.07. The van der Waals surface area contributed by atoms with Crippen LogP contribution in [0.4, 0.5) is 0 Å². The second-order valence-corrected chi connectivity index (χ2v) is 11.4. The molecule has 1 aliphatic carbocycles. The number of ether oxygens (including phenoxy) is 5. The smallest absolute Gasteiger partial charge is 0.187 e. The van der Waals surface area contributed by atoms with E-state index in [0.29, 0.717) is 6.61 Å². The monoisotopic (exact) mass is 580 g/mol. The molecular weight excluding hydrogens is 528 g/mol. The van der Waals surface area contributed by atoms with Gasteiger partial charge in [-0.25, -0.2) is 0 Å². The van der Waals surface area contributed by atoms with Gasteiger partial charge >= 0.3 is 0 Å². The van der Waals surface area contributed by atoms with Gasteiger partial charge in [-0.15, -0.1) is 0 Å². The Morgan fingerprint density at radius 3 is 1.93 bits per heavy atom. The Morgan fingerprint density at radius 1 is 0.700 bits per heavy atom. The Bertz CT molecular complexity index is 742. The fourth-order valence-corrected chi connectivity index (χ4v) is 5.67. The van der Waals surface area contributed by atoms with Crippen LogP contribution in [0.25, 0.3) is 0 Å². The van der Waals surface area contributed by atoms with E-state index < -0.39 is 91.7 Å². The minimum atomic E-state index is -1.46. The summed E-state index contributed by atoms with van der Waals surface area (Å²) in [5.74, 6) is 0. The first-order valence-corrected chi connectivity index (χ1v) is 14.6. The first-order chi connectivity index (χ1) is 19.0. The zero-order valence-corrected chi connectivity index (χ0v) is 23.6. The first-order valence-electron chi connectivity index (χ1n) is 14.6. The van der Waals surface area contributed by atoms with Gasteiger partial charge in [-0.3, -0.25) is 0 Å². The number of unbranched alkanes of at least 4 members (excludes halogenated alkanes) is 5. The molecule has 3 rings (SSSR count). The number of aliphatic hydroxyl groups is 5. The van der Waals surface area contributed by atoms with Crippen molar-refractivity contribution in [3.63, 3.8) is 0 Å². The molecule has 1 saturated carbocycles. The van der Waals surface area contributed by atoms with Gasteiger partial charge in [0.2, 0.25) is 0 Å². The largest absolute Gasteiger partial charge is 0.388 e. The molecule has 3 fully saturated rings. The van der Waals surface area contributed by atoms with Crippen LogP contribution in [0.15, 0.2) is 0 Å². The van der Waals surface area contributed by atoms with E-state index in [1.165, 1.54) is 19.3 Å². The van der Waals surface area contributed by atoms with Crippen molar-refractivity contribution < 1.29 is 49.2 Å². The Balaban J connectivity index is 1.58. The van der Waals surface area contributed by atoms with Crippen LogP contribution in [0.1, 0.15) is 58.8 Å². The minimum absolute atomic E-state index is 0.0955. The van der Waals surface area contributed by atoms with Crippen LogP contribution >= 0.6 is 0 Å². The second kappa shape index (κ2) is 15.8. The molecule has 0 aromatic rings. The summed E-state index contributed by atoms with van der Waals surface area (Å²) in [5.41, 5.74) is 24.1. The molecule has 0 unspecified atom stereocenters. The third kappa shape index (κ3) is 8.08. The molecule has 2 saturated heterocycles. The van der Waals surface area contributed by atoms with Crippen molar-refractivity contribution in [1.82, 2.24) is 0 Å². The molecule has 0 aromatic heterocycles. The van der Waals surface area contributed by atoms with Crippen LogP contribution in [0.5, 0.6) is 0 Å². The molecule has 15 atom stereocenters. The Labute approximate surface area is 236 Å². The van der Waals surface area contributed by atoms with Gasteiger partial charge < -0.3 is 72.2 Å². The van der Waals surface area contributed by atoms with Gasteiger partial charge in [0.05, 0.1) is 12.1 Å². The summed E-state index contributed by atoms with van der Waals surface area (Å²) in [7, 11) is 0. The average Bonchev–Trinajstić information content (AvgIpc) is 2.92. The van der Waals surface area contributed by atoms with Gasteiger partial charge in [-0.2, -0.15) is 0 Å². The maximum Gasteiger partial charge on any atom is 0.187 e. The lowest BCUT2D eigenvalue weighted by molar-refractivity contribution is -0.330. The van der Waals surface area contributed by atoms with E-state index in [2.05, 4.69) is 6.92 Å². The second-order valence-electron chi connectivity index (χ2n) is 11.4. The van der Waals surface area contributed by atoms with Crippen molar-refractivity contribution >= 4 is 0 Å². The van der Waals surface area contributed by atoms with E-state index in [1.54, 1.807) is 6.92 Å². The highest BCUT2D eigenvalue weighted by Crippen LogP contribution is 2.31. The third-order valence-corrected chi connectivity index (χ3v) is 8.21. The number of hydrogen-bond acceptors (Lipinski definition) is 14. The summed E-state index contributed by atoms with van der Waals surface area (Å²) in [6, 6.07) is -2.64. The standard InChI is InChI=1S/C26H52N4O10/c1-3-4-5-6-7-8-9-36-22-12(2)37-26(20(34)19(22)33)40-24-14(29)10-13(28)23(21(24)35)39-25-16(30)18(32)17(31)15(11-27)38-25/h12-26,31-35H,3-11,27-30H2,1-2H3/t12-,13+,14-,15-,16-,17-,18-,19-,20-,21+,22-,23-,24+,25-,26+/m1/s1. The van der Waals surface area contributed by atoms with E-state index >= 15 is 0 Å². The Morgan fingerprint density at radius 2 is 1.30 bits per heavy atom. The number of nitrogens with two attached hydrogens (primary N) is 4. The van der Waals surface area contributed by atoms with Gasteiger partial charge in [-0.1, -0.05) is 39.0 Å². The molecule has 236 valence electrons. The van der Waals surface area contributed by atoms with Gasteiger partial charge in [0.1, 0.15) is 54.9 Å². The van der Waals surface area contributed by atoms with Crippen LogP contribution in [-0.4, -0.2) is 130 Å². The number of rotatable bonds is 13. The van der Waals surface area contributed by atoms with Crippen molar-refractivity contribution in [2.45, 2.75) is 151 Å². The lowest BCUT2D eigenvalue weighted by atomic mass is 9.84. The van der Waals surface area contributed by atoms with E-state index in [4.69, 9.17) is 46.6 Å². The minimum Gasteiger partial charge on any atom is -0.388 e. The van der Waals surface area contributed by atoms with Gasteiger partial charge in [0.15, 0.2) is 12.6 Å². The van der Waals surface area contributed by atoms with E-state index in [-0.39, 0.29) is 13.0 Å². The SMILES string of the molecule is CCCCCCCCO[C@H]1[C@H](O)[C@@H](O)[C@H](O[C@@H]2[C@@H](O)[C@H](O[C@H]3O[C@H](CN)[C@@H](O)[C@H](O)[C@H]3N)[C@@H](N)C[C@H]2N)O[C@@H]1C. The highest BCUT2D eigenvalue weighted by Gasteiger charge is 2.51. The molecule has 0 bridgehead atoms. The predicted octanol–water partition coefficient (Wildman–Crippen LogP) is -2.88. The number of hydrogen-bond donors (Lipinski definition) is 9. The molecule has 14 heteroatoms. The molecule has 3 aliphatic rings. The zero-order chi connectivity index (χ0) is 29.6. The first kappa shape index (κ1) is 33.9. The summed E-state index contributed by atoms with van der Waals surface area (Å²) >= 11 is 0. The topological polar surface area (TPSA) is 251 Å². The van der Waals surface area contributed by atoms with Gasteiger partial charge in [0.25, 0.3) is 0 Å². The highest BCUT2D eigenvalue weighted by molar-refractivity contribution is 5.01. The quantitative estimate of drug-likeness (QED) is 0.0993. The van der Waals surface area contributed by atoms with Crippen LogP contribution < -0.4 is 22.9 Å². The highest BCUT2D eigenvalue weighted by atomic mass is 16.7.